The number of aromatic nitrogens is 2. The van der Waals surface area contributed by atoms with Crippen molar-refractivity contribution < 1.29 is 19.8 Å². The Morgan fingerprint density at radius 3 is 2.29 bits per heavy atom. The predicted molar refractivity (Wildman–Crippen MR) is 109 cm³/mol. The second kappa shape index (κ2) is 10.8. The molecule has 158 valence electrons. The Bertz CT molecular complexity index is 651. The van der Waals surface area contributed by atoms with Crippen molar-refractivity contribution in [3.05, 3.63) is 11.3 Å². The zero-order valence-electron chi connectivity index (χ0n) is 17.3. The Morgan fingerprint density at radius 1 is 1.07 bits per heavy atom. The molecule has 3 rings (SSSR count). The highest BCUT2D eigenvalue weighted by molar-refractivity contribution is 5.63. The van der Waals surface area contributed by atoms with Crippen molar-refractivity contribution in [3.8, 4) is 0 Å². The average Bonchev–Trinajstić information content (AvgIpc) is 2.83. The van der Waals surface area contributed by atoms with Gasteiger partial charge in [0.1, 0.15) is 5.82 Å². The number of aliphatic carboxylic acids is 2. The Morgan fingerprint density at radius 2 is 1.68 bits per heavy atom. The Balaban J connectivity index is 0.000000420. The molecule has 1 fully saturated rings. The summed E-state index contributed by atoms with van der Waals surface area (Å²) in [6.07, 6.45) is 4.63. The van der Waals surface area contributed by atoms with E-state index in [2.05, 4.69) is 34.0 Å². The van der Waals surface area contributed by atoms with Crippen LogP contribution in [-0.4, -0.2) is 58.3 Å². The van der Waals surface area contributed by atoms with Gasteiger partial charge in [-0.2, -0.15) is 4.98 Å². The van der Waals surface area contributed by atoms with Gasteiger partial charge in [-0.25, -0.2) is 4.98 Å². The number of nitrogens with one attached hydrogen (secondary N) is 1. The maximum Gasteiger partial charge on any atom is 0.300 e. The summed E-state index contributed by atoms with van der Waals surface area (Å²) in [7, 11) is 0. The van der Waals surface area contributed by atoms with Gasteiger partial charge in [0, 0.05) is 44.5 Å². The van der Waals surface area contributed by atoms with E-state index in [9.17, 15) is 0 Å². The predicted octanol–water partition coefficient (Wildman–Crippen LogP) is 1.65. The third-order valence-electron chi connectivity index (χ3n) is 4.51. The molecule has 28 heavy (non-hydrogen) atoms. The van der Waals surface area contributed by atoms with E-state index in [1.807, 2.05) is 0 Å². The molecule has 1 aliphatic carbocycles. The van der Waals surface area contributed by atoms with E-state index in [0.717, 1.165) is 58.7 Å². The van der Waals surface area contributed by atoms with Gasteiger partial charge in [-0.05, 0) is 32.2 Å². The van der Waals surface area contributed by atoms with E-state index >= 15 is 0 Å². The van der Waals surface area contributed by atoms with Crippen LogP contribution in [0, 0.1) is 0 Å². The average molecular weight is 396 g/mol. The van der Waals surface area contributed by atoms with Crippen molar-refractivity contribution >= 4 is 23.7 Å². The zero-order chi connectivity index (χ0) is 21.3. The molecule has 1 aliphatic heterocycles. The number of anilines is 2. The first-order valence-corrected chi connectivity index (χ1v) is 9.56. The number of nitrogens with zero attached hydrogens (tertiary/aromatic N) is 3. The molecule has 2 aliphatic rings. The Kier molecular flexibility index (Phi) is 9.11. The lowest BCUT2D eigenvalue weighted by Crippen LogP contribution is -2.33. The summed E-state index contributed by atoms with van der Waals surface area (Å²) in [5, 5.41) is 18.3. The summed E-state index contributed by atoms with van der Waals surface area (Å²) in [4.78, 5) is 29.5. The smallest absolute Gasteiger partial charge is 0.300 e. The van der Waals surface area contributed by atoms with Crippen LogP contribution >= 0.6 is 0 Å². The van der Waals surface area contributed by atoms with Crippen LogP contribution in [0.2, 0.25) is 0 Å². The van der Waals surface area contributed by atoms with Crippen molar-refractivity contribution in [3.63, 3.8) is 0 Å². The van der Waals surface area contributed by atoms with E-state index in [-0.39, 0.29) is 5.41 Å². The highest BCUT2D eigenvalue weighted by Gasteiger charge is 2.32. The van der Waals surface area contributed by atoms with Crippen LogP contribution in [0.1, 0.15) is 58.2 Å². The van der Waals surface area contributed by atoms with Gasteiger partial charge in [-0.1, -0.05) is 13.8 Å². The standard InChI is InChI=1S/C15H25N5.2C2H4O2/c1-15(2)6-3-5-11-12(15)18-14(16)19-13(11)20-9-4-7-17-8-10-20;2*1-2(3)4/h17H,3-10H2,1-2H3,(H2,16,18,19);2*1H3,(H,3,4). The maximum atomic E-state index is 9.00. The maximum absolute atomic E-state index is 9.00. The zero-order valence-corrected chi connectivity index (χ0v) is 17.3. The highest BCUT2D eigenvalue weighted by atomic mass is 16.4. The van der Waals surface area contributed by atoms with E-state index in [1.165, 1.54) is 24.1 Å². The number of nitrogens with two attached hydrogens (primary N) is 1. The normalized spacial score (nSPS) is 17.6. The summed E-state index contributed by atoms with van der Waals surface area (Å²) in [6.45, 7) is 10.9. The van der Waals surface area contributed by atoms with E-state index in [1.54, 1.807) is 0 Å². The molecule has 0 amide bonds. The summed E-state index contributed by atoms with van der Waals surface area (Å²) in [6, 6.07) is 0. The van der Waals surface area contributed by atoms with Crippen LogP contribution < -0.4 is 16.0 Å². The molecule has 2 heterocycles. The van der Waals surface area contributed by atoms with Gasteiger partial charge in [-0.3, -0.25) is 9.59 Å². The van der Waals surface area contributed by atoms with Crippen LogP contribution in [0.4, 0.5) is 11.8 Å². The van der Waals surface area contributed by atoms with Gasteiger partial charge in [0.05, 0.1) is 5.69 Å². The molecule has 0 radical (unpaired) electrons. The fourth-order valence-electron chi connectivity index (χ4n) is 3.42. The molecular weight excluding hydrogens is 362 g/mol. The summed E-state index contributed by atoms with van der Waals surface area (Å²) in [5.74, 6) is -0.157. The molecule has 0 unspecified atom stereocenters. The van der Waals surface area contributed by atoms with Gasteiger partial charge >= 0.3 is 0 Å². The number of hydrogen-bond acceptors (Lipinski definition) is 7. The summed E-state index contributed by atoms with van der Waals surface area (Å²) in [5.41, 5.74) is 8.60. The minimum atomic E-state index is -0.833. The number of rotatable bonds is 1. The molecule has 0 aromatic carbocycles. The number of hydrogen-bond donors (Lipinski definition) is 4. The minimum absolute atomic E-state index is 0.115. The van der Waals surface area contributed by atoms with E-state index < -0.39 is 11.9 Å². The first-order valence-electron chi connectivity index (χ1n) is 9.56. The van der Waals surface area contributed by atoms with Crippen LogP contribution in [0.3, 0.4) is 0 Å². The fourth-order valence-corrected chi connectivity index (χ4v) is 3.42. The number of carboxylic acid groups (broad SMARTS) is 2. The second-order valence-corrected chi connectivity index (χ2v) is 7.60. The fraction of sp³-hybridized carbons (Fsp3) is 0.684. The van der Waals surface area contributed by atoms with Crippen molar-refractivity contribution in [1.29, 1.82) is 0 Å². The van der Waals surface area contributed by atoms with Crippen LogP contribution in [0.5, 0.6) is 0 Å². The quantitative estimate of drug-likeness (QED) is 0.558. The molecule has 0 atom stereocenters. The summed E-state index contributed by atoms with van der Waals surface area (Å²) >= 11 is 0. The molecule has 1 aromatic rings. The van der Waals surface area contributed by atoms with Crippen molar-refractivity contribution in [1.82, 2.24) is 15.3 Å². The van der Waals surface area contributed by atoms with E-state index in [0.29, 0.717) is 5.95 Å². The first kappa shape index (κ1) is 23.6. The number of carboxylic acids is 2. The lowest BCUT2D eigenvalue weighted by atomic mass is 9.76. The lowest BCUT2D eigenvalue weighted by molar-refractivity contribution is -0.135. The molecule has 0 spiro atoms. The van der Waals surface area contributed by atoms with Crippen molar-refractivity contribution in [2.45, 2.75) is 58.8 Å². The van der Waals surface area contributed by atoms with Crippen molar-refractivity contribution in [2.75, 3.05) is 36.8 Å². The summed E-state index contributed by atoms with van der Waals surface area (Å²) < 4.78 is 0. The van der Waals surface area contributed by atoms with Gasteiger partial charge in [0.15, 0.2) is 0 Å². The molecule has 1 aromatic heterocycles. The van der Waals surface area contributed by atoms with Gasteiger partial charge < -0.3 is 26.2 Å². The molecule has 5 N–H and O–H groups in total. The lowest BCUT2D eigenvalue weighted by Gasteiger charge is -2.34. The largest absolute Gasteiger partial charge is 0.481 e. The molecule has 9 heteroatoms. The third kappa shape index (κ3) is 7.67. The monoisotopic (exact) mass is 395 g/mol. The first-order chi connectivity index (χ1) is 13.0. The molecule has 9 nitrogen and oxygen atoms in total. The minimum Gasteiger partial charge on any atom is -0.481 e. The Labute approximate surface area is 166 Å². The van der Waals surface area contributed by atoms with Gasteiger partial charge in [-0.15, -0.1) is 0 Å². The van der Waals surface area contributed by atoms with Crippen molar-refractivity contribution in [2.24, 2.45) is 0 Å². The van der Waals surface area contributed by atoms with Gasteiger partial charge in [0.25, 0.3) is 11.9 Å². The molecule has 1 saturated heterocycles. The van der Waals surface area contributed by atoms with Crippen LogP contribution in [0.25, 0.3) is 0 Å². The number of fused-ring (bicyclic) bond motifs is 1. The molecular formula is C19H33N5O4. The van der Waals surface area contributed by atoms with Crippen LogP contribution in [-0.2, 0) is 21.4 Å². The Hall–Kier alpha value is -2.42. The molecule has 0 bridgehead atoms. The number of nitrogen functional groups attached to an aromatic ring is 1. The topological polar surface area (TPSA) is 142 Å². The van der Waals surface area contributed by atoms with E-state index in [4.69, 9.17) is 25.5 Å². The number of carbonyl (C=O) groups is 2. The second-order valence-electron chi connectivity index (χ2n) is 7.60. The third-order valence-corrected chi connectivity index (χ3v) is 4.51. The van der Waals surface area contributed by atoms with Gasteiger partial charge in [0.2, 0.25) is 5.95 Å². The molecule has 0 saturated carbocycles. The van der Waals surface area contributed by atoms with Crippen LogP contribution in [0.15, 0.2) is 0 Å². The SMILES string of the molecule is CC(=O)O.CC(=O)O.CC1(C)CCCc2c(N3CCCNCC3)nc(N)nc21. The highest BCUT2D eigenvalue weighted by Crippen LogP contribution is 2.39.